The van der Waals surface area contributed by atoms with Crippen LogP contribution < -0.4 is 11.5 Å². The van der Waals surface area contributed by atoms with Crippen LogP contribution in [0.25, 0.3) is 0 Å². The molecule has 2 aliphatic carbocycles. The van der Waals surface area contributed by atoms with Crippen molar-refractivity contribution in [1.82, 2.24) is 4.90 Å². The first-order valence-electron chi connectivity index (χ1n) is 6.88. The van der Waals surface area contributed by atoms with Gasteiger partial charge in [0.05, 0.1) is 5.54 Å². The van der Waals surface area contributed by atoms with Crippen LogP contribution in [0.4, 0.5) is 0 Å². The molecule has 0 aliphatic heterocycles. The zero-order chi connectivity index (χ0) is 12.5. The molecule has 0 aromatic carbocycles. The molecule has 2 rings (SSSR count). The standard InChI is InChI=1S/C13H25N3O/c1-2-16(9-10-5-6-10)11-4-3-7-13(15,8-11)12(14)17/h10-11H,2-9,15H2,1H3,(H2,14,17). The largest absolute Gasteiger partial charge is 0.368 e. The maximum atomic E-state index is 11.4. The number of primary amides is 1. The molecule has 0 saturated heterocycles. The van der Waals surface area contributed by atoms with Crippen molar-refractivity contribution in [1.29, 1.82) is 0 Å². The first-order chi connectivity index (χ1) is 8.05. The van der Waals surface area contributed by atoms with Crippen LogP contribution in [0.5, 0.6) is 0 Å². The zero-order valence-electron chi connectivity index (χ0n) is 10.8. The van der Waals surface area contributed by atoms with Crippen molar-refractivity contribution in [3.05, 3.63) is 0 Å². The summed E-state index contributed by atoms with van der Waals surface area (Å²) in [5.74, 6) is 0.558. The van der Waals surface area contributed by atoms with Crippen LogP contribution in [0, 0.1) is 5.92 Å². The summed E-state index contributed by atoms with van der Waals surface area (Å²) < 4.78 is 0. The Labute approximate surface area is 104 Å². The topological polar surface area (TPSA) is 72.3 Å². The summed E-state index contributed by atoms with van der Waals surface area (Å²) in [7, 11) is 0. The van der Waals surface area contributed by atoms with Gasteiger partial charge in [0.25, 0.3) is 0 Å². The normalized spacial score (nSPS) is 33.9. The van der Waals surface area contributed by atoms with Crippen LogP contribution in [-0.2, 0) is 4.79 Å². The van der Waals surface area contributed by atoms with Gasteiger partial charge in [0.2, 0.25) is 5.91 Å². The monoisotopic (exact) mass is 239 g/mol. The van der Waals surface area contributed by atoms with Gasteiger partial charge in [0, 0.05) is 12.6 Å². The summed E-state index contributed by atoms with van der Waals surface area (Å²) in [4.78, 5) is 13.9. The van der Waals surface area contributed by atoms with E-state index >= 15 is 0 Å². The molecule has 0 radical (unpaired) electrons. The van der Waals surface area contributed by atoms with Crippen molar-refractivity contribution in [3.63, 3.8) is 0 Å². The van der Waals surface area contributed by atoms with Crippen LogP contribution in [0.3, 0.4) is 0 Å². The Morgan fingerprint density at radius 3 is 2.65 bits per heavy atom. The quantitative estimate of drug-likeness (QED) is 0.747. The lowest BCUT2D eigenvalue weighted by atomic mass is 9.78. The minimum Gasteiger partial charge on any atom is -0.368 e. The van der Waals surface area contributed by atoms with Crippen molar-refractivity contribution >= 4 is 5.91 Å². The van der Waals surface area contributed by atoms with Crippen LogP contribution >= 0.6 is 0 Å². The SMILES string of the molecule is CCN(CC1CC1)C1CCCC(N)(C(N)=O)C1. The maximum Gasteiger partial charge on any atom is 0.237 e. The Morgan fingerprint density at radius 1 is 1.41 bits per heavy atom. The van der Waals surface area contributed by atoms with E-state index < -0.39 is 5.54 Å². The fourth-order valence-electron chi connectivity index (χ4n) is 2.98. The highest BCUT2D eigenvalue weighted by Gasteiger charge is 2.40. The first kappa shape index (κ1) is 12.8. The highest BCUT2D eigenvalue weighted by atomic mass is 16.1. The van der Waals surface area contributed by atoms with Crippen molar-refractivity contribution in [3.8, 4) is 0 Å². The maximum absolute atomic E-state index is 11.4. The molecule has 4 N–H and O–H groups in total. The third-order valence-corrected chi connectivity index (χ3v) is 4.36. The zero-order valence-corrected chi connectivity index (χ0v) is 10.8. The average Bonchev–Trinajstić information content (AvgIpc) is 3.09. The second-order valence-corrected chi connectivity index (χ2v) is 5.80. The number of carbonyl (C=O) groups is 1. The number of hydrogen-bond acceptors (Lipinski definition) is 3. The van der Waals surface area contributed by atoms with E-state index in [9.17, 15) is 4.79 Å². The van der Waals surface area contributed by atoms with E-state index in [0.29, 0.717) is 6.04 Å². The highest BCUT2D eigenvalue weighted by Crippen LogP contribution is 2.34. The summed E-state index contributed by atoms with van der Waals surface area (Å²) in [6.45, 7) is 4.42. The van der Waals surface area contributed by atoms with Gasteiger partial charge in [-0.15, -0.1) is 0 Å². The smallest absolute Gasteiger partial charge is 0.237 e. The van der Waals surface area contributed by atoms with Gasteiger partial charge >= 0.3 is 0 Å². The molecule has 1 amide bonds. The van der Waals surface area contributed by atoms with Gasteiger partial charge < -0.3 is 16.4 Å². The number of rotatable bonds is 5. The fourth-order valence-corrected chi connectivity index (χ4v) is 2.98. The van der Waals surface area contributed by atoms with Gasteiger partial charge in [0.1, 0.15) is 0 Å². The third-order valence-electron chi connectivity index (χ3n) is 4.36. The minimum atomic E-state index is -0.764. The molecule has 0 aromatic heterocycles. The van der Waals surface area contributed by atoms with Gasteiger partial charge in [-0.2, -0.15) is 0 Å². The summed E-state index contributed by atoms with van der Waals surface area (Å²) in [6.07, 6.45) is 6.40. The number of nitrogens with two attached hydrogens (primary N) is 2. The molecular formula is C13H25N3O. The predicted molar refractivity (Wildman–Crippen MR) is 68.3 cm³/mol. The van der Waals surface area contributed by atoms with E-state index in [1.807, 2.05) is 0 Å². The molecule has 2 aliphatic rings. The molecular weight excluding hydrogens is 214 g/mol. The Balaban J connectivity index is 1.96. The Morgan fingerprint density at radius 2 is 2.12 bits per heavy atom. The molecule has 2 fully saturated rings. The molecule has 17 heavy (non-hydrogen) atoms. The number of amides is 1. The van der Waals surface area contributed by atoms with E-state index in [0.717, 1.165) is 38.1 Å². The van der Waals surface area contributed by atoms with E-state index in [1.165, 1.54) is 19.4 Å². The first-order valence-corrected chi connectivity index (χ1v) is 6.88. The lowest BCUT2D eigenvalue weighted by molar-refractivity contribution is -0.125. The lowest BCUT2D eigenvalue weighted by Gasteiger charge is -2.41. The molecule has 0 bridgehead atoms. The summed E-state index contributed by atoms with van der Waals surface area (Å²) >= 11 is 0. The van der Waals surface area contributed by atoms with Gasteiger partial charge in [-0.25, -0.2) is 0 Å². The molecule has 4 nitrogen and oxygen atoms in total. The van der Waals surface area contributed by atoms with E-state index in [4.69, 9.17) is 11.5 Å². The summed E-state index contributed by atoms with van der Waals surface area (Å²) in [5.41, 5.74) is 10.8. The Bertz CT molecular complexity index is 290. The van der Waals surface area contributed by atoms with Crippen LogP contribution in [0.1, 0.15) is 45.4 Å². The number of carbonyl (C=O) groups excluding carboxylic acids is 1. The molecule has 98 valence electrons. The highest BCUT2D eigenvalue weighted by molar-refractivity contribution is 5.84. The van der Waals surface area contributed by atoms with Crippen LogP contribution in [0.2, 0.25) is 0 Å². The van der Waals surface area contributed by atoms with Crippen LogP contribution in [0.15, 0.2) is 0 Å². The van der Waals surface area contributed by atoms with Crippen molar-refractivity contribution in [2.75, 3.05) is 13.1 Å². The number of hydrogen-bond donors (Lipinski definition) is 2. The molecule has 4 heteroatoms. The summed E-state index contributed by atoms with van der Waals surface area (Å²) in [6, 6.07) is 0.451. The molecule has 0 aromatic rings. The van der Waals surface area contributed by atoms with Crippen molar-refractivity contribution in [2.24, 2.45) is 17.4 Å². The fraction of sp³-hybridized carbons (Fsp3) is 0.923. The van der Waals surface area contributed by atoms with E-state index in [1.54, 1.807) is 0 Å². The molecule has 2 saturated carbocycles. The Kier molecular flexibility index (Phi) is 3.73. The minimum absolute atomic E-state index is 0.329. The van der Waals surface area contributed by atoms with Crippen molar-refractivity contribution in [2.45, 2.75) is 57.0 Å². The van der Waals surface area contributed by atoms with E-state index in [2.05, 4.69) is 11.8 Å². The molecule has 2 atom stereocenters. The second kappa shape index (κ2) is 4.94. The molecule has 0 heterocycles. The van der Waals surface area contributed by atoms with Crippen LogP contribution in [-0.4, -0.2) is 35.5 Å². The predicted octanol–water partition coefficient (Wildman–Crippen LogP) is 0.844. The number of nitrogens with zero attached hydrogens (tertiary/aromatic N) is 1. The van der Waals surface area contributed by atoms with Crippen molar-refractivity contribution < 1.29 is 4.79 Å². The summed E-state index contributed by atoms with van der Waals surface area (Å²) in [5, 5.41) is 0. The lowest BCUT2D eigenvalue weighted by Crippen LogP contribution is -2.58. The van der Waals surface area contributed by atoms with Gasteiger partial charge in [-0.1, -0.05) is 6.92 Å². The Hall–Kier alpha value is -0.610. The average molecular weight is 239 g/mol. The van der Waals surface area contributed by atoms with Gasteiger partial charge in [-0.3, -0.25) is 4.79 Å². The molecule has 2 unspecified atom stereocenters. The van der Waals surface area contributed by atoms with Gasteiger partial charge in [0.15, 0.2) is 0 Å². The molecule has 0 spiro atoms. The van der Waals surface area contributed by atoms with Gasteiger partial charge in [-0.05, 0) is 51.0 Å². The second-order valence-electron chi connectivity index (χ2n) is 5.80. The van der Waals surface area contributed by atoms with E-state index in [-0.39, 0.29) is 5.91 Å². The third kappa shape index (κ3) is 2.99.